The Morgan fingerprint density at radius 3 is 2.74 bits per heavy atom. The van der Waals surface area contributed by atoms with Gasteiger partial charge in [0.25, 0.3) is 5.91 Å². The molecule has 1 amide bonds. The fraction of sp³-hybridized carbons (Fsp3) is 0.692. The molecule has 1 heterocycles. The highest BCUT2D eigenvalue weighted by Crippen LogP contribution is 2.33. The number of aromatic amines is 2. The van der Waals surface area contributed by atoms with Crippen LogP contribution in [0.5, 0.6) is 0 Å². The van der Waals surface area contributed by atoms with Crippen molar-refractivity contribution >= 4 is 5.91 Å². The van der Waals surface area contributed by atoms with Gasteiger partial charge in [-0.15, -0.1) is 0 Å². The van der Waals surface area contributed by atoms with Gasteiger partial charge in [0.15, 0.2) is 0 Å². The molecule has 0 aromatic carbocycles. The van der Waals surface area contributed by atoms with E-state index in [2.05, 4.69) is 22.2 Å². The number of hydrogen-bond acceptors (Lipinski definition) is 3. The normalized spacial score (nSPS) is 27.2. The minimum atomic E-state index is -0.808. The first-order valence-corrected chi connectivity index (χ1v) is 6.81. The summed E-state index contributed by atoms with van der Waals surface area (Å²) < 4.78 is 0. The van der Waals surface area contributed by atoms with Crippen LogP contribution >= 0.6 is 0 Å². The van der Waals surface area contributed by atoms with Gasteiger partial charge in [-0.1, -0.05) is 13.3 Å². The maximum atomic E-state index is 11.8. The van der Waals surface area contributed by atoms with Gasteiger partial charge in [-0.25, -0.2) is 4.79 Å². The summed E-state index contributed by atoms with van der Waals surface area (Å²) in [4.78, 5) is 27.4. The largest absolute Gasteiger partial charge is 0.388 e. The molecule has 106 valence electrons. The molecular formula is C13H21N3O3. The van der Waals surface area contributed by atoms with E-state index in [0.29, 0.717) is 5.92 Å². The summed E-state index contributed by atoms with van der Waals surface area (Å²) in [6.45, 7) is 2.40. The second-order valence-electron chi connectivity index (χ2n) is 5.42. The number of rotatable bonds is 4. The van der Waals surface area contributed by atoms with Gasteiger partial charge < -0.3 is 20.4 Å². The lowest BCUT2D eigenvalue weighted by Gasteiger charge is -2.35. The van der Waals surface area contributed by atoms with Gasteiger partial charge in [-0.05, 0) is 31.6 Å². The van der Waals surface area contributed by atoms with Gasteiger partial charge in [0, 0.05) is 12.7 Å². The van der Waals surface area contributed by atoms with Crippen molar-refractivity contribution in [3.63, 3.8) is 0 Å². The number of aliphatic hydroxyl groups is 1. The van der Waals surface area contributed by atoms with Crippen molar-refractivity contribution in [1.29, 1.82) is 0 Å². The van der Waals surface area contributed by atoms with Crippen LogP contribution in [-0.2, 0) is 0 Å². The summed E-state index contributed by atoms with van der Waals surface area (Å²) in [7, 11) is 0. The fourth-order valence-electron chi connectivity index (χ4n) is 2.59. The molecule has 0 unspecified atom stereocenters. The Bertz CT molecular complexity index is 483. The molecule has 6 heteroatoms. The third kappa shape index (κ3) is 3.47. The number of carbonyl (C=O) groups is 1. The number of nitrogens with one attached hydrogen (secondary N) is 3. The van der Waals surface area contributed by atoms with Crippen molar-refractivity contribution in [2.75, 3.05) is 6.54 Å². The van der Waals surface area contributed by atoms with E-state index in [1.54, 1.807) is 0 Å². The molecule has 1 aliphatic carbocycles. The zero-order valence-electron chi connectivity index (χ0n) is 11.2. The molecular weight excluding hydrogens is 246 g/mol. The van der Waals surface area contributed by atoms with Gasteiger partial charge in [-0.2, -0.15) is 0 Å². The van der Waals surface area contributed by atoms with Crippen molar-refractivity contribution in [1.82, 2.24) is 15.3 Å². The van der Waals surface area contributed by atoms with Crippen LogP contribution in [0.2, 0.25) is 0 Å². The third-order valence-electron chi connectivity index (χ3n) is 4.03. The molecule has 0 saturated heterocycles. The minimum absolute atomic E-state index is 0.191. The van der Waals surface area contributed by atoms with Crippen molar-refractivity contribution in [3.05, 3.63) is 22.4 Å². The summed E-state index contributed by atoms with van der Waals surface area (Å²) in [5.41, 5.74) is -1.03. The Kier molecular flexibility index (Phi) is 4.09. The smallest absolute Gasteiger partial charge is 0.323 e. The quantitative estimate of drug-likeness (QED) is 0.648. The monoisotopic (exact) mass is 267 g/mol. The molecule has 1 aromatic heterocycles. The average molecular weight is 267 g/mol. The van der Waals surface area contributed by atoms with E-state index in [9.17, 15) is 14.7 Å². The Balaban J connectivity index is 1.85. The highest BCUT2D eigenvalue weighted by molar-refractivity contribution is 5.91. The van der Waals surface area contributed by atoms with E-state index in [0.717, 1.165) is 32.1 Å². The van der Waals surface area contributed by atoms with Crippen molar-refractivity contribution in [2.24, 2.45) is 5.92 Å². The number of H-pyrrole nitrogens is 2. The molecule has 1 fully saturated rings. The zero-order chi connectivity index (χ0) is 13.9. The first kappa shape index (κ1) is 13.9. The summed E-state index contributed by atoms with van der Waals surface area (Å²) in [6, 6.07) is 0. The molecule has 1 aliphatic rings. The lowest BCUT2D eigenvalue weighted by Crippen LogP contribution is -2.45. The van der Waals surface area contributed by atoms with Crippen LogP contribution in [0.25, 0.3) is 0 Å². The predicted octanol–water partition coefficient (Wildman–Crippen LogP) is 0.764. The summed E-state index contributed by atoms with van der Waals surface area (Å²) >= 11 is 0. The van der Waals surface area contributed by atoms with E-state index in [1.165, 1.54) is 6.20 Å². The number of carbonyl (C=O) groups excluding carboxylic acids is 1. The SMILES string of the molecule is CCC1CCC(O)(CNC(=O)c2c[nH]c(=O)[nH]2)CC1. The van der Waals surface area contributed by atoms with Crippen LogP contribution in [0, 0.1) is 5.92 Å². The Hall–Kier alpha value is -1.56. The van der Waals surface area contributed by atoms with Crippen LogP contribution in [-0.4, -0.2) is 33.1 Å². The molecule has 6 nitrogen and oxygen atoms in total. The molecule has 19 heavy (non-hydrogen) atoms. The first-order chi connectivity index (χ1) is 9.02. The lowest BCUT2D eigenvalue weighted by molar-refractivity contribution is -0.00789. The van der Waals surface area contributed by atoms with E-state index >= 15 is 0 Å². The van der Waals surface area contributed by atoms with Gasteiger partial charge >= 0.3 is 5.69 Å². The van der Waals surface area contributed by atoms with Crippen LogP contribution in [0.1, 0.15) is 49.5 Å². The molecule has 4 N–H and O–H groups in total. The first-order valence-electron chi connectivity index (χ1n) is 6.81. The summed E-state index contributed by atoms with van der Waals surface area (Å²) in [5.74, 6) is 0.321. The molecule has 2 rings (SSSR count). The average Bonchev–Trinajstić information content (AvgIpc) is 2.84. The van der Waals surface area contributed by atoms with Crippen molar-refractivity contribution in [3.8, 4) is 0 Å². The summed E-state index contributed by atoms with van der Waals surface area (Å²) in [6.07, 6.45) is 5.92. The number of hydrogen-bond donors (Lipinski definition) is 4. The van der Waals surface area contributed by atoms with Gasteiger partial charge in [0.05, 0.1) is 5.60 Å². The second-order valence-corrected chi connectivity index (χ2v) is 5.42. The second kappa shape index (κ2) is 5.61. The molecule has 0 atom stereocenters. The van der Waals surface area contributed by atoms with Gasteiger partial charge in [-0.3, -0.25) is 4.79 Å². The number of imidazole rings is 1. The Morgan fingerprint density at radius 2 is 2.21 bits per heavy atom. The Labute approximate surface area is 111 Å². The minimum Gasteiger partial charge on any atom is -0.388 e. The zero-order valence-corrected chi connectivity index (χ0v) is 11.2. The molecule has 0 radical (unpaired) electrons. The molecule has 0 spiro atoms. The van der Waals surface area contributed by atoms with Crippen LogP contribution in [0.4, 0.5) is 0 Å². The number of amides is 1. The maximum absolute atomic E-state index is 11.8. The van der Waals surface area contributed by atoms with Gasteiger partial charge in [0.2, 0.25) is 0 Å². The summed E-state index contributed by atoms with van der Waals surface area (Å²) in [5, 5.41) is 13.1. The molecule has 1 aromatic rings. The lowest BCUT2D eigenvalue weighted by atomic mass is 9.78. The van der Waals surface area contributed by atoms with Crippen molar-refractivity contribution < 1.29 is 9.90 Å². The molecule has 0 aliphatic heterocycles. The van der Waals surface area contributed by atoms with Crippen molar-refractivity contribution in [2.45, 2.75) is 44.6 Å². The highest BCUT2D eigenvalue weighted by Gasteiger charge is 2.32. The van der Waals surface area contributed by atoms with Gasteiger partial charge in [0.1, 0.15) is 5.69 Å². The van der Waals surface area contributed by atoms with Crippen LogP contribution < -0.4 is 11.0 Å². The Morgan fingerprint density at radius 1 is 1.53 bits per heavy atom. The standard InChI is InChI=1S/C13H21N3O3/c1-2-9-3-5-13(19,6-4-9)8-15-11(17)10-7-14-12(18)16-10/h7,9,19H,2-6,8H2,1H3,(H,15,17)(H2,14,16,18). The fourth-order valence-corrected chi connectivity index (χ4v) is 2.59. The van der Waals surface area contributed by atoms with E-state index < -0.39 is 11.3 Å². The van der Waals surface area contributed by atoms with E-state index in [-0.39, 0.29) is 18.1 Å². The number of aromatic nitrogens is 2. The topological polar surface area (TPSA) is 98.0 Å². The maximum Gasteiger partial charge on any atom is 0.323 e. The third-order valence-corrected chi connectivity index (χ3v) is 4.03. The van der Waals surface area contributed by atoms with E-state index in [4.69, 9.17) is 0 Å². The molecule has 1 saturated carbocycles. The predicted molar refractivity (Wildman–Crippen MR) is 70.9 cm³/mol. The van der Waals surface area contributed by atoms with Crippen LogP contribution in [0.15, 0.2) is 11.0 Å². The van der Waals surface area contributed by atoms with Crippen LogP contribution in [0.3, 0.4) is 0 Å². The highest BCUT2D eigenvalue weighted by atomic mass is 16.3. The molecule has 0 bridgehead atoms. The van der Waals surface area contributed by atoms with E-state index in [1.807, 2.05) is 0 Å².